The number of ether oxygens (including phenoxy) is 2. The smallest absolute Gasteiger partial charge is 0.167 e. The van der Waals surface area contributed by atoms with E-state index in [1.807, 2.05) is 6.07 Å². The van der Waals surface area contributed by atoms with Crippen LogP contribution in [0.25, 0.3) is 0 Å². The second-order valence-electron chi connectivity index (χ2n) is 7.97. The molecule has 2 aliphatic rings. The summed E-state index contributed by atoms with van der Waals surface area (Å²) in [5.74, 6) is 0.950. The fraction of sp³-hybridized carbons (Fsp3) is 0.435. The van der Waals surface area contributed by atoms with E-state index in [9.17, 15) is 14.3 Å². The van der Waals surface area contributed by atoms with Gasteiger partial charge in [0.2, 0.25) is 0 Å². The number of rotatable bonds is 5. The second-order valence-corrected chi connectivity index (χ2v) is 7.97. The van der Waals surface area contributed by atoms with Gasteiger partial charge in [0.05, 0.1) is 19.8 Å². The second kappa shape index (κ2) is 7.76. The highest BCUT2D eigenvalue weighted by Crippen LogP contribution is 2.38. The van der Waals surface area contributed by atoms with E-state index in [0.717, 1.165) is 11.1 Å². The Morgan fingerprint density at radius 2 is 1.72 bits per heavy atom. The van der Waals surface area contributed by atoms with Crippen molar-refractivity contribution in [3.8, 4) is 11.5 Å². The molecule has 1 unspecified atom stereocenters. The van der Waals surface area contributed by atoms with Crippen molar-refractivity contribution >= 4 is 5.78 Å². The van der Waals surface area contributed by atoms with Crippen molar-refractivity contribution in [2.75, 3.05) is 33.9 Å². The van der Waals surface area contributed by atoms with Crippen LogP contribution >= 0.6 is 0 Å². The van der Waals surface area contributed by atoms with Crippen molar-refractivity contribution in [3.63, 3.8) is 0 Å². The van der Waals surface area contributed by atoms with Gasteiger partial charge >= 0.3 is 0 Å². The number of hydrogen-bond acceptors (Lipinski definition) is 5. The van der Waals surface area contributed by atoms with Crippen LogP contribution in [0.15, 0.2) is 36.4 Å². The Labute approximate surface area is 170 Å². The van der Waals surface area contributed by atoms with E-state index in [1.54, 1.807) is 32.4 Å². The standard InChI is InChI=1S/C23H26FNO4/c1-28-20-12-15-11-16(22(26)19(15)13-21(20)29-2)14-25-9-7-23(27,8-10-25)17-3-5-18(24)6-4-17/h3-6,12-13,16,27H,7-11,14H2,1-2H3. The number of nitrogens with zero attached hydrogens (tertiary/aromatic N) is 1. The number of Topliss-reactive ketones (excluding diaryl/α,β-unsaturated/α-hetero) is 1. The number of benzene rings is 2. The molecule has 1 fully saturated rings. The minimum atomic E-state index is -0.937. The number of hydrogen-bond donors (Lipinski definition) is 1. The summed E-state index contributed by atoms with van der Waals surface area (Å²) in [5, 5.41) is 11.0. The first-order chi connectivity index (χ1) is 13.9. The molecule has 1 heterocycles. The number of likely N-dealkylation sites (tertiary alicyclic amines) is 1. The van der Waals surface area contributed by atoms with E-state index in [1.165, 1.54) is 12.1 Å². The summed E-state index contributed by atoms with van der Waals surface area (Å²) in [6.07, 6.45) is 1.82. The van der Waals surface area contributed by atoms with Gasteiger partial charge in [0, 0.05) is 31.1 Å². The summed E-state index contributed by atoms with van der Waals surface area (Å²) in [4.78, 5) is 15.1. The van der Waals surface area contributed by atoms with Crippen molar-refractivity contribution in [2.24, 2.45) is 5.92 Å². The Kier molecular flexibility index (Phi) is 5.32. The summed E-state index contributed by atoms with van der Waals surface area (Å²) >= 11 is 0. The topological polar surface area (TPSA) is 59.0 Å². The molecule has 29 heavy (non-hydrogen) atoms. The highest BCUT2D eigenvalue weighted by atomic mass is 19.1. The normalized spacial score (nSPS) is 21.1. The molecule has 1 saturated heterocycles. The minimum absolute atomic E-state index is 0.0983. The highest BCUT2D eigenvalue weighted by Gasteiger charge is 2.37. The molecule has 0 aromatic heterocycles. The number of fused-ring (bicyclic) bond motifs is 1. The predicted octanol–water partition coefficient (Wildman–Crippen LogP) is 3.18. The molecule has 0 bridgehead atoms. The monoisotopic (exact) mass is 399 g/mol. The Hall–Kier alpha value is -2.44. The van der Waals surface area contributed by atoms with E-state index in [-0.39, 0.29) is 17.5 Å². The van der Waals surface area contributed by atoms with Crippen molar-refractivity contribution in [2.45, 2.75) is 24.9 Å². The van der Waals surface area contributed by atoms with E-state index in [0.29, 0.717) is 56.0 Å². The summed E-state index contributed by atoms with van der Waals surface area (Å²) in [6.45, 7) is 2.05. The molecular formula is C23H26FNO4. The number of aliphatic hydroxyl groups is 1. The van der Waals surface area contributed by atoms with Gasteiger partial charge < -0.3 is 19.5 Å². The first-order valence-corrected chi connectivity index (χ1v) is 9.93. The fourth-order valence-electron chi connectivity index (χ4n) is 4.51. The average molecular weight is 399 g/mol. The van der Waals surface area contributed by atoms with Crippen LogP contribution < -0.4 is 9.47 Å². The maximum absolute atomic E-state index is 13.2. The molecule has 0 radical (unpaired) electrons. The van der Waals surface area contributed by atoms with Crippen LogP contribution in [-0.4, -0.2) is 49.6 Å². The van der Waals surface area contributed by atoms with Gasteiger partial charge in [-0.25, -0.2) is 4.39 Å². The molecule has 2 aromatic carbocycles. The average Bonchev–Trinajstić information content (AvgIpc) is 3.03. The molecule has 1 aliphatic heterocycles. The van der Waals surface area contributed by atoms with Crippen LogP contribution in [0.4, 0.5) is 4.39 Å². The molecule has 1 aliphatic carbocycles. The summed E-state index contributed by atoms with van der Waals surface area (Å²) < 4.78 is 23.9. The Morgan fingerprint density at radius 1 is 1.10 bits per heavy atom. The van der Waals surface area contributed by atoms with Gasteiger partial charge in [-0.1, -0.05) is 12.1 Å². The third kappa shape index (κ3) is 3.74. The highest BCUT2D eigenvalue weighted by molar-refractivity contribution is 6.03. The Morgan fingerprint density at radius 3 is 2.34 bits per heavy atom. The van der Waals surface area contributed by atoms with E-state index in [2.05, 4.69) is 4.90 Å². The van der Waals surface area contributed by atoms with E-state index < -0.39 is 5.60 Å². The molecule has 0 amide bonds. The first-order valence-electron chi connectivity index (χ1n) is 9.93. The number of ketones is 1. The molecule has 4 rings (SSSR count). The van der Waals surface area contributed by atoms with Gasteiger partial charge in [0.1, 0.15) is 5.82 Å². The van der Waals surface area contributed by atoms with Crippen molar-refractivity contribution < 1.29 is 23.8 Å². The maximum Gasteiger partial charge on any atom is 0.167 e. The summed E-state index contributed by atoms with van der Waals surface area (Å²) in [6, 6.07) is 9.76. The molecule has 1 atom stereocenters. The summed E-state index contributed by atoms with van der Waals surface area (Å²) in [7, 11) is 3.16. The van der Waals surface area contributed by atoms with Crippen LogP contribution in [0.5, 0.6) is 11.5 Å². The van der Waals surface area contributed by atoms with Gasteiger partial charge in [-0.3, -0.25) is 4.79 Å². The quantitative estimate of drug-likeness (QED) is 0.837. The van der Waals surface area contributed by atoms with E-state index >= 15 is 0 Å². The number of carbonyl (C=O) groups excluding carboxylic acids is 1. The Balaban J connectivity index is 1.41. The van der Waals surface area contributed by atoms with Crippen molar-refractivity contribution in [3.05, 3.63) is 58.9 Å². The molecule has 1 N–H and O–H groups in total. The zero-order chi connectivity index (χ0) is 20.6. The van der Waals surface area contributed by atoms with Crippen LogP contribution in [-0.2, 0) is 12.0 Å². The van der Waals surface area contributed by atoms with Crippen molar-refractivity contribution in [1.29, 1.82) is 0 Å². The van der Waals surface area contributed by atoms with Crippen LogP contribution in [0, 0.1) is 11.7 Å². The number of halogens is 1. The lowest BCUT2D eigenvalue weighted by molar-refractivity contribution is -0.0279. The van der Waals surface area contributed by atoms with Gasteiger partial charge in [-0.2, -0.15) is 0 Å². The number of methoxy groups -OCH3 is 2. The lowest BCUT2D eigenvalue weighted by atomic mass is 9.84. The van der Waals surface area contributed by atoms with Gasteiger partial charge in [-0.05, 0) is 54.7 Å². The number of carbonyl (C=O) groups is 1. The summed E-state index contributed by atoms with van der Waals surface area (Å²) in [5.41, 5.74) is 1.53. The van der Waals surface area contributed by atoms with Gasteiger partial charge in [0.15, 0.2) is 17.3 Å². The predicted molar refractivity (Wildman–Crippen MR) is 107 cm³/mol. The maximum atomic E-state index is 13.2. The lowest BCUT2D eigenvalue weighted by Gasteiger charge is -2.39. The van der Waals surface area contributed by atoms with Crippen LogP contribution in [0.2, 0.25) is 0 Å². The zero-order valence-electron chi connectivity index (χ0n) is 16.8. The molecule has 5 nitrogen and oxygen atoms in total. The molecule has 154 valence electrons. The third-order valence-corrected chi connectivity index (χ3v) is 6.26. The van der Waals surface area contributed by atoms with Crippen molar-refractivity contribution in [1.82, 2.24) is 4.90 Å². The largest absolute Gasteiger partial charge is 0.493 e. The molecular weight excluding hydrogens is 373 g/mol. The SMILES string of the molecule is COc1cc2c(cc1OC)C(=O)C(CN1CCC(O)(c3ccc(F)cc3)CC1)C2. The van der Waals surface area contributed by atoms with Crippen LogP contribution in [0.1, 0.15) is 34.3 Å². The third-order valence-electron chi connectivity index (χ3n) is 6.26. The van der Waals surface area contributed by atoms with Gasteiger partial charge in [-0.15, -0.1) is 0 Å². The van der Waals surface area contributed by atoms with Crippen LogP contribution in [0.3, 0.4) is 0 Å². The molecule has 0 spiro atoms. The number of piperidine rings is 1. The zero-order valence-corrected chi connectivity index (χ0v) is 16.8. The molecule has 2 aromatic rings. The molecule has 0 saturated carbocycles. The van der Waals surface area contributed by atoms with Gasteiger partial charge in [0.25, 0.3) is 0 Å². The van der Waals surface area contributed by atoms with E-state index in [4.69, 9.17) is 9.47 Å². The lowest BCUT2D eigenvalue weighted by Crippen LogP contribution is -2.44. The fourth-order valence-corrected chi connectivity index (χ4v) is 4.51. The first kappa shape index (κ1) is 19.9. The Bertz CT molecular complexity index is 904. The molecule has 6 heteroatoms. The minimum Gasteiger partial charge on any atom is -0.493 e.